The molecule has 2 aliphatic heterocycles. The van der Waals surface area contributed by atoms with E-state index in [1.54, 1.807) is 13.4 Å². The Morgan fingerprint density at radius 1 is 1.12 bits per heavy atom. The number of fused-ring (bicyclic) bond motifs is 1. The topological polar surface area (TPSA) is 80.5 Å². The Morgan fingerprint density at radius 2 is 1.88 bits per heavy atom. The zero-order chi connectivity index (χ0) is 22.3. The molecule has 0 amide bonds. The number of benzene rings is 1. The van der Waals surface area contributed by atoms with E-state index in [4.69, 9.17) is 30.5 Å². The van der Waals surface area contributed by atoms with Crippen molar-refractivity contribution in [2.75, 3.05) is 26.9 Å². The van der Waals surface area contributed by atoms with Crippen LogP contribution in [0, 0.1) is 0 Å². The number of ether oxygens (including phenoxy) is 4. The average molecular weight is 477 g/mol. The summed E-state index contributed by atoms with van der Waals surface area (Å²) in [6, 6.07) is 8.11. The molecule has 1 spiro atoms. The summed E-state index contributed by atoms with van der Waals surface area (Å²) in [5.41, 5.74) is 1.93. The third-order valence-electron chi connectivity index (χ3n) is 6.00. The molecular weight excluding hydrogens is 452 g/mol. The monoisotopic (exact) mass is 476 g/mol. The smallest absolute Gasteiger partial charge is 0.165 e. The van der Waals surface area contributed by atoms with Gasteiger partial charge in [0.2, 0.25) is 0 Å². The molecule has 10 heteroatoms. The molecule has 0 unspecified atom stereocenters. The van der Waals surface area contributed by atoms with Crippen molar-refractivity contribution in [2.24, 2.45) is 0 Å². The summed E-state index contributed by atoms with van der Waals surface area (Å²) in [6.45, 7) is 5.26. The van der Waals surface area contributed by atoms with E-state index in [1.165, 1.54) is 11.9 Å². The molecule has 5 rings (SSSR count). The molecule has 4 heterocycles. The molecular formula is C22H25ClN4O4S. The number of hydrogen-bond donors (Lipinski definition) is 0. The van der Waals surface area contributed by atoms with Gasteiger partial charge in [-0.3, -0.25) is 0 Å². The summed E-state index contributed by atoms with van der Waals surface area (Å²) in [5.74, 6) is 1.03. The lowest BCUT2D eigenvalue weighted by Crippen LogP contribution is -2.56. The molecule has 2 aliphatic rings. The molecule has 2 aromatic heterocycles. The zero-order valence-corrected chi connectivity index (χ0v) is 19.7. The molecule has 1 aromatic carbocycles. The molecule has 0 bridgehead atoms. The van der Waals surface area contributed by atoms with Gasteiger partial charge in [0, 0.05) is 5.75 Å². The van der Waals surface area contributed by atoms with E-state index in [2.05, 4.69) is 27.1 Å². The molecule has 2 fully saturated rings. The highest BCUT2D eigenvalue weighted by Crippen LogP contribution is 2.46. The number of rotatable bonds is 5. The van der Waals surface area contributed by atoms with Crippen molar-refractivity contribution in [1.82, 2.24) is 19.5 Å². The highest BCUT2D eigenvalue weighted by molar-refractivity contribution is 7.99. The summed E-state index contributed by atoms with van der Waals surface area (Å²) in [7, 11) is 1.67. The van der Waals surface area contributed by atoms with Crippen LogP contribution in [0.5, 0.6) is 5.75 Å². The van der Waals surface area contributed by atoms with Crippen LogP contribution in [0.25, 0.3) is 11.2 Å². The van der Waals surface area contributed by atoms with Crippen molar-refractivity contribution < 1.29 is 18.9 Å². The predicted octanol–water partition coefficient (Wildman–Crippen LogP) is 3.88. The fraction of sp³-hybridized carbons (Fsp3) is 0.500. The van der Waals surface area contributed by atoms with E-state index in [9.17, 15) is 0 Å². The molecule has 0 N–H and O–H groups in total. The van der Waals surface area contributed by atoms with Crippen LogP contribution < -0.4 is 4.74 Å². The van der Waals surface area contributed by atoms with E-state index in [-0.39, 0.29) is 11.3 Å². The van der Waals surface area contributed by atoms with E-state index in [0.29, 0.717) is 36.1 Å². The van der Waals surface area contributed by atoms with Crippen molar-refractivity contribution in [2.45, 2.75) is 42.3 Å². The highest BCUT2D eigenvalue weighted by Gasteiger charge is 2.55. The van der Waals surface area contributed by atoms with Crippen LogP contribution in [0.4, 0.5) is 0 Å². The SMILES string of the molecule is COc1ccc(CS[C@H]2[C@H](n3cnc4c(Cl)ncnc43)COC23COC(C)(C)OC3)cc1. The molecule has 8 nitrogen and oxygen atoms in total. The van der Waals surface area contributed by atoms with Crippen LogP contribution in [-0.4, -0.2) is 63.1 Å². The maximum atomic E-state index is 6.41. The van der Waals surface area contributed by atoms with Gasteiger partial charge in [0.15, 0.2) is 16.6 Å². The quantitative estimate of drug-likeness (QED) is 0.513. The predicted molar refractivity (Wildman–Crippen MR) is 122 cm³/mol. The van der Waals surface area contributed by atoms with Crippen molar-refractivity contribution in [1.29, 1.82) is 0 Å². The summed E-state index contributed by atoms with van der Waals surface area (Å²) >= 11 is 8.06. The summed E-state index contributed by atoms with van der Waals surface area (Å²) < 4.78 is 25.8. The fourth-order valence-electron chi connectivity index (χ4n) is 4.16. The molecule has 0 radical (unpaired) electrons. The minimum atomic E-state index is -0.625. The molecule has 170 valence electrons. The number of thioether (sulfide) groups is 1. The molecule has 0 aliphatic carbocycles. The zero-order valence-electron chi connectivity index (χ0n) is 18.2. The van der Waals surface area contributed by atoms with Gasteiger partial charge in [-0.1, -0.05) is 23.7 Å². The standard InChI is InChI=1S/C22H25ClN4O4S/c1-21(2)30-10-22(11-31-21)18(32-9-14-4-6-15(28-3)7-5-14)16(8-29-22)27-13-26-17-19(23)24-12-25-20(17)27/h4-7,12-13,16,18H,8-11H2,1-3H3/t16-,18+/m1/s1. The minimum Gasteiger partial charge on any atom is -0.497 e. The van der Waals surface area contributed by atoms with Crippen molar-refractivity contribution in [3.63, 3.8) is 0 Å². The summed E-state index contributed by atoms with van der Waals surface area (Å²) in [5, 5.41) is 0.391. The first-order valence-electron chi connectivity index (χ1n) is 10.4. The van der Waals surface area contributed by atoms with Gasteiger partial charge in [-0.05, 0) is 31.5 Å². The Kier molecular flexibility index (Phi) is 5.79. The molecule has 2 atom stereocenters. The number of methoxy groups -OCH3 is 1. The Labute approximate surface area is 195 Å². The van der Waals surface area contributed by atoms with Crippen LogP contribution in [0.2, 0.25) is 5.15 Å². The highest BCUT2D eigenvalue weighted by atomic mass is 35.5. The number of imidazole rings is 1. The van der Waals surface area contributed by atoms with Crippen LogP contribution in [-0.2, 0) is 20.0 Å². The normalized spacial score (nSPS) is 24.2. The van der Waals surface area contributed by atoms with Crippen molar-refractivity contribution in [3.05, 3.63) is 47.6 Å². The Morgan fingerprint density at radius 3 is 2.59 bits per heavy atom. The van der Waals surface area contributed by atoms with Gasteiger partial charge in [0.1, 0.15) is 23.2 Å². The van der Waals surface area contributed by atoms with Gasteiger partial charge in [-0.15, -0.1) is 11.8 Å². The van der Waals surface area contributed by atoms with Crippen molar-refractivity contribution in [3.8, 4) is 5.75 Å². The van der Waals surface area contributed by atoms with Gasteiger partial charge in [-0.2, -0.15) is 0 Å². The first-order chi connectivity index (χ1) is 15.4. The maximum Gasteiger partial charge on any atom is 0.165 e. The third kappa shape index (κ3) is 3.97. The number of nitrogens with zero attached hydrogens (tertiary/aromatic N) is 4. The van der Waals surface area contributed by atoms with Gasteiger partial charge in [0.05, 0.1) is 44.5 Å². The van der Waals surface area contributed by atoms with E-state index < -0.39 is 11.4 Å². The van der Waals surface area contributed by atoms with Crippen LogP contribution >= 0.6 is 23.4 Å². The number of halogens is 1. The largest absolute Gasteiger partial charge is 0.497 e. The molecule has 2 saturated heterocycles. The van der Waals surface area contributed by atoms with Gasteiger partial charge < -0.3 is 23.5 Å². The number of aromatic nitrogens is 4. The Bertz CT molecular complexity index is 1100. The molecule has 0 saturated carbocycles. The lowest BCUT2D eigenvalue weighted by Gasteiger charge is -2.43. The van der Waals surface area contributed by atoms with Gasteiger partial charge in [0.25, 0.3) is 0 Å². The Balaban J connectivity index is 1.45. The fourth-order valence-corrected chi connectivity index (χ4v) is 5.84. The third-order valence-corrected chi connectivity index (χ3v) is 7.88. The lowest BCUT2D eigenvalue weighted by molar-refractivity contribution is -0.300. The second-order valence-corrected chi connectivity index (χ2v) is 9.98. The summed E-state index contributed by atoms with van der Waals surface area (Å²) in [4.78, 5) is 12.9. The minimum absolute atomic E-state index is 0.0115. The van der Waals surface area contributed by atoms with E-state index >= 15 is 0 Å². The van der Waals surface area contributed by atoms with E-state index in [0.717, 1.165) is 11.5 Å². The maximum absolute atomic E-state index is 6.41. The van der Waals surface area contributed by atoms with Crippen molar-refractivity contribution >= 4 is 34.5 Å². The molecule has 3 aromatic rings. The number of hydrogen-bond acceptors (Lipinski definition) is 8. The lowest BCUT2D eigenvalue weighted by atomic mass is 9.97. The Hall–Kier alpha value is -1.91. The van der Waals surface area contributed by atoms with Crippen LogP contribution in [0.15, 0.2) is 36.9 Å². The van der Waals surface area contributed by atoms with Gasteiger partial charge >= 0.3 is 0 Å². The van der Waals surface area contributed by atoms with Gasteiger partial charge in [-0.25, -0.2) is 15.0 Å². The summed E-state index contributed by atoms with van der Waals surface area (Å²) in [6.07, 6.45) is 3.23. The average Bonchev–Trinajstić information content (AvgIpc) is 3.37. The first-order valence-corrected chi connectivity index (χ1v) is 11.8. The second kappa shape index (κ2) is 8.46. The van der Waals surface area contributed by atoms with Crippen LogP contribution in [0.1, 0.15) is 25.5 Å². The molecule has 32 heavy (non-hydrogen) atoms. The second-order valence-electron chi connectivity index (χ2n) is 8.49. The van der Waals surface area contributed by atoms with Crippen LogP contribution in [0.3, 0.4) is 0 Å². The van der Waals surface area contributed by atoms with E-state index in [1.807, 2.05) is 42.3 Å². The first kappa shape index (κ1) is 21.9.